The Morgan fingerprint density at radius 3 is 2.71 bits per heavy atom. The topological polar surface area (TPSA) is 116 Å². The molecule has 0 aliphatic heterocycles. The minimum Gasteiger partial charge on any atom is -0.379 e. The highest BCUT2D eigenvalue weighted by molar-refractivity contribution is 8.13. The molecule has 0 bridgehead atoms. The molecule has 14 heavy (non-hydrogen) atoms. The van der Waals surface area contributed by atoms with E-state index in [0.717, 1.165) is 11.8 Å². The Morgan fingerprint density at radius 1 is 1.50 bits per heavy atom. The number of amidine groups is 1. The number of aromatic nitrogens is 2. The van der Waals surface area contributed by atoms with Crippen LogP contribution in [0.4, 0.5) is 0 Å². The van der Waals surface area contributed by atoms with Crippen molar-refractivity contribution in [1.29, 1.82) is 5.41 Å². The average Bonchev–Trinajstić information content (AvgIpc) is 2.08. The summed E-state index contributed by atoms with van der Waals surface area (Å²) in [5.74, 6) is 0.188. The van der Waals surface area contributed by atoms with Gasteiger partial charge in [-0.2, -0.15) is 0 Å². The summed E-state index contributed by atoms with van der Waals surface area (Å²) in [6, 6.07) is 0. The highest BCUT2D eigenvalue weighted by Crippen LogP contribution is 2.13. The Hall–Kier alpha value is -1.21. The standard InChI is InChI=1S/C6H7ClN4O2S/c7-3-2(1-14-5(8)9)10-6(13)11-4(3)12/h1H2,(H3,8,9)(H2,10,11,12,13). The Labute approximate surface area is 87.4 Å². The fourth-order valence-corrected chi connectivity index (χ4v) is 1.52. The van der Waals surface area contributed by atoms with Crippen LogP contribution in [0.1, 0.15) is 5.69 Å². The molecule has 0 aliphatic carbocycles. The summed E-state index contributed by atoms with van der Waals surface area (Å²) in [5.41, 5.74) is 4.09. The number of aromatic amines is 2. The summed E-state index contributed by atoms with van der Waals surface area (Å²) in [6.07, 6.45) is 0. The van der Waals surface area contributed by atoms with E-state index in [1.807, 2.05) is 4.98 Å². The monoisotopic (exact) mass is 234 g/mol. The summed E-state index contributed by atoms with van der Waals surface area (Å²) in [7, 11) is 0. The molecule has 0 unspecified atom stereocenters. The van der Waals surface area contributed by atoms with Crippen molar-refractivity contribution >= 4 is 28.5 Å². The SMILES string of the molecule is N=C(N)SCc1[nH]c(=O)[nH]c(=O)c1Cl. The summed E-state index contributed by atoms with van der Waals surface area (Å²) in [6.45, 7) is 0. The number of H-pyrrole nitrogens is 2. The van der Waals surface area contributed by atoms with Crippen molar-refractivity contribution in [2.45, 2.75) is 5.75 Å². The van der Waals surface area contributed by atoms with Gasteiger partial charge in [-0.25, -0.2) is 4.79 Å². The van der Waals surface area contributed by atoms with Crippen LogP contribution < -0.4 is 17.0 Å². The van der Waals surface area contributed by atoms with E-state index in [1.54, 1.807) is 0 Å². The van der Waals surface area contributed by atoms with Crippen LogP contribution in [0.3, 0.4) is 0 Å². The van der Waals surface area contributed by atoms with Crippen LogP contribution in [0.5, 0.6) is 0 Å². The Kier molecular flexibility index (Phi) is 3.37. The lowest BCUT2D eigenvalue weighted by Gasteiger charge is -2.00. The molecule has 1 rings (SSSR count). The third-order valence-corrected chi connectivity index (χ3v) is 2.47. The lowest BCUT2D eigenvalue weighted by Crippen LogP contribution is -2.24. The number of hydrogen-bond donors (Lipinski definition) is 4. The predicted octanol–water partition coefficient (Wildman–Crippen LogP) is -0.157. The quantitative estimate of drug-likeness (QED) is 0.420. The number of nitrogens with two attached hydrogens (primary N) is 1. The van der Waals surface area contributed by atoms with Gasteiger partial charge in [-0.05, 0) is 0 Å². The Balaban J connectivity index is 3.03. The van der Waals surface area contributed by atoms with Crippen LogP contribution in [0.25, 0.3) is 0 Å². The van der Waals surface area contributed by atoms with Crippen LogP contribution in [0.15, 0.2) is 9.59 Å². The van der Waals surface area contributed by atoms with E-state index in [2.05, 4.69) is 4.98 Å². The van der Waals surface area contributed by atoms with E-state index in [0.29, 0.717) is 0 Å². The number of halogens is 1. The number of rotatable bonds is 2. The van der Waals surface area contributed by atoms with Crippen LogP contribution in [-0.4, -0.2) is 15.1 Å². The van der Waals surface area contributed by atoms with Gasteiger partial charge in [0.25, 0.3) is 5.56 Å². The van der Waals surface area contributed by atoms with Crippen molar-refractivity contribution in [2.24, 2.45) is 5.73 Å². The zero-order valence-corrected chi connectivity index (χ0v) is 8.46. The minimum atomic E-state index is -0.644. The van der Waals surface area contributed by atoms with Gasteiger partial charge in [0.15, 0.2) is 5.17 Å². The molecule has 8 heteroatoms. The highest BCUT2D eigenvalue weighted by atomic mass is 35.5. The number of nitrogens with one attached hydrogen (secondary N) is 3. The lowest BCUT2D eigenvalue weighted by atomic mass is 10.4. The summed E-state index contributed by atoms with van der Waals surface area (Å²) >= 11 is 6.58. The van der Waals surface area contributed by atoms with Crippen molar-refractivity contribution in [1.82, 2.24) is 9.97 Å². The normalized spacial score (nSPS) is 10.1. The molecule has 1 heterocycles. The molecule has 76 valence electrons. The van der Waals surface area contributed by atoms with Gasteiger partial charge in [0, 0.05) is 5.75 Å². The second-order valence-corrected chi connectivity index (χ2v) is 3.75. The second-order valence-electron chi connectivity index (χ2n) is 2.35. The largest absolute Gasteiger partial charge is 0.379 e. The highest BCUT2D eigenvalue weighted by Gasteiger charge is 2.06. The Morgan fingerprint density at radius 2 is 2.14 bits per heavy atom. The first-order valence-electron chi connectivity index (χ1n) is 3.48. The predicted molar refractivity (Wildman–Crippen MR) is 55.9 cm³/mol. The van der Waals surface area contributed by atoms with Crippen molar-refractivity contribution in [3.63, 3.8) is 0 Å². The summed E-state index contributed by atoms with van der Waals surface area (Å²) in [5, 5.41) is 6.75. The van der Waals surface area contributed by atoms with Crippen LogP contribution in [-0.2, 0) is 5.75 Å². The molecule has 0 saturated carbocycles. The lowest BCUT2D eigenvalue weighted by molar-refractivity contribution is 0.987. The van der Waals surface area contributed by atoms with E-state index in [9.17, 15) is 9.59 Å². The van der Waals surface area contributed by atoms with Crippen molar-refractivity contribution in [2.75, 3.05) is 0 Å². The zero-order valence-electron chi connectivity index (χ0n) is 6.89. The van der Waals surface area contributed by atoms with Gasteiger partial charge in [-0.1, -0.05) is 23.4 Å². The molecule has 1 aromatic rings. The van der Waals surface area contributed by atoms with Gasteiger partial charge in [0.05, 0.1) is 5.69 Å². The average molecular weight is 235 g/mol. The van der Waals surface area contributed by atoms with Gasteiger partial charge >= 0.3 is 5.69 Å². The van der Waals surface area contributed by atoms with Gasteiger partial charge in [0.2, 0.25) is 0 Å². The molecule has 0 fully saturated rings. The molecular formula is C6H7ClN4O2S. The molecule has 0 saturated heterocycles. The fourth-order valence-electron chi connectivity index (χ4n) is 0.768. The third kappa shape index (κ3) is 2.64. The maximum absolute atomic E-state index is 11.0. The van der Waals surface area contributed by atoms with E-state index in [1.165, 1.54) is 0 Å². The maximum atomic E-state index is 11.0. The van der Waals surface area contributed by atoms with Crippen LogP contribution >= 0.6 is 23.4 Å². The van der Waals surface area contributed by atoms with Gasteiger partial charge < -0.3 is 10.7 Å². The summed E-state index contributed by atoms with van der Waals surface area (Å²) < 4.78 is 0. The molecule has 6 nitrogen and oxygen atoms in total. The first-order valence-corrected chi connectivity index (χ1v) is 4.85. The molecule has 0 aromatic carbocycles. The van der Waals surface area contributed by atoms with Gasteiger partial charge in [-0.3, -0.25) is 15.2 Å². The smallest absolute Gasteiger partial charge is 0.326 e. The van der Waals surface area contributed by atoms with E-state index < -0.39 is 11.2 Å². The molecule has 0 amide bonds. The molecule has 0 aliphatic rings. The van der Waals surface area contributed by atoms with Gasteiger partial charge in [0.1, 0.15) is 5.02 Å². The van der Waals surface area contributed by atoms with E-state index in [4.69, 9.17) is 22.7 Å². The molecule has 0 spiro atoms. The molecule has 0 radical (unpaired) electrons. The van der Waals surface area contributed by atoms with Crippen molar-refractivity contribution < 1.29 is 0 Å². The van der Waals surface area contributed by atoms with E-state index in [-0.39, 0.29) is 21.6 Å². The van der Waals surface area contributed by atoms with Crippen molar-refractivity contribution in [3.05, 3.63) is 31.6 Å². The molecule has 0 atom stereocenters. The molecule has 5 N–H and O–H groups in total. The minimum absolute atomic E-state index is 0.0849. The van der Waals surface area contributed by atoms with Gasteiger partial charge in [-0.15, -0.1) is 0 Å². The zero-order chi connectivity index (χ0) is 10.7. The van der Waals surface area contributed by atoms with Crippen LogP contribution in [0, 0.1) is 5.41 Å². The maximum Gasteiger partial charge on any atom is 0.326 e. The first-order chi connectivity index (χ1) is 6.50. The van der Waals surface area contributed by atoms with E-state index >= 15 is 0 Å². The summed E-state index contributed by atoms with van der Waals surface area (Å²) in [4.78, 5) is 26.2. The number of thioether (sulfide) groups is 1. The second kappa shape index (κ2) is 4.34. The third-order valence-electron chi connectivity index (χ3n) is 1.33. The number of hydrogen-bond acceptors (Lipinski definition) is 4. The molecule has 1 aromatic heterocycles. The Bertz CT molecular complexity index is 466. The fraction of sp³-hybridized carbons (Fsp3) is 0.167. The van der Waals surface area contributed by atoms with Crippen LogP contribution in [0.2, 0.25) is 5.02 Å². The molecular weight excluding hydrogens is 228 g/mol. The first kappa shape index (κ1) is 10.9. The van der Waals surface area contributed by atoms with Crippen molar-refractivity contribution in [3.8, 4) is 0 Å².